The van der Waals surface area contributed by atoms with Crippen LogP contribution in [0.15, 0.2) is 12.3 Å². The molecule has 2 fully saturated rings. The van der Waals surface area contributed by atoms with Crippen LogP contribution in [0.4, 0.5) is 0 Å². The molecular formula is C24H46N2S. The van der Waals surface area contributed by atoms with Gasteiger partial charge in [0.1, 0.15) is 0 Å². The molecule has 2 aliphatic rings. The van der Waals surface area contributed by atoms with Crippen molar-refractivity contribution in [1.29, 1.82) is 0 Å². The van der Waals surface area contributed by atoms with Gasteiger partial charge in [-0.1, -0.05) is 40.2 Å². The van der Waals surface area contributed by atoms with Crippen molar-refractivity contribution in [2.24, 2.45) is 23.7 Å². The first-order valence-corrected chi connectivity index (χ1v) is 12.3. The van der Waals surface area contributed by atoms with Crippen LogP contribution in [-0.4, -0.2) is 35.8 Å². The zero-order valence-corrected chi connectivity index (χ0v) is 19.4. The van der Waals surface area contributed by atoms with Crippen molar-refractivity contribution in [1.82, 2.24) is 10.2 Å². The van der Waals surface area contributed by atoms with E-state index in [9.17, 15) is 0 Å². The molecule has 0 amide bonds. The standard InChI is InChI=1S/C24H46N2S/c1-6-20(4)25-21(5)24-19(3)9-7-15-26(16-8-10-23(24)27)17-22-13-11-18(2)12-14-22/h18-20,22-25,27H,5-17H2,1-4H3. The van der Waals surface area contributed by atoms with Crippen molar-refractivity contribution in [3.8, 4) is 0 Å². The van der Waals surface area contributed by atoms with Crippen molar-refractivity contribution >= 4 is 12.6 Å². The summed E-state index contributed by atoms with van der Waals surface area (Å²) >= 11 is 5.06. The van der Waals surface area contributed by atoms with E-state index in [4.69, 9.17) is 12.6 Å². The monoisotopic (exact) mass is 394 g/mol. The second kappa shape index (κ2) is 11.8. The molecule has 1 saturated heterocycles. The number of rotatable bonds is 6. The topological polar surface area (TPSA) is 15.3 Å². The second-order valence-electron chi connectivity index (χ2n) is 9.76. The Morgan fingerprint density at radius 3 is 2.33 bits per heavy atom. The molecule has 0 aromatic heterocycles. The number of nitrogens with one attached hydrogen (secondary N) is 1. The lowest BCUT2D eigenvalue weighted by Crippen LogP contribution is -2.38. The molecule has 2 rings (SSSR count). The van der Waals surface area contributed by atoms with Gasteiger partial charge >= 0.3 is 0 Å². The van der Waals surface area contributed by atoms with Crippen LogP contribution in [0.2, 0.25) is 0 Å². The maximum Gasteiger partial charge on any atom is 0.0227 e. The fourth-order valence-electron chi connectivity index (χ4n) is 5.16. The SMILES string of the molecule is C=C(NC(C)CC)C1C(C)CCCN(CC2CCC(C)CC2)CCCC1S. The molecule has 0 radical (unpaired) electrons. The minimum absolute atomic E-state index is 0.430. The highest BCUT2D eigenvalue weighted by Crippen LogP contribution is 2.33. The van der Waals surface area contributed by atoms with Gasteiger partial charge in [0, 0.05) is 29.5 Å². The molecule has 1 aliphatic carbocycles. The fourth-order valence-corrected chi connectivity index (χ4v) is 5.82. The summed E-state index contributed by atoms with van der Waals surface area (Å²) in [4.78, 5) is 2.78. The summed E-state index contributed by atoms with van der Waals surface area (Å²) in [5.74, 6) is 3.06. The molecule has 1 heterocycles. The molecule has 2 nitrogen and oxygen atoms in total. The first-order valence-electron chi connectivity index (χ1n) is 11.8. The van der Waals surface area contributed by atoms with Gasteiger partial charge in [-0.3, -0.25) is 0 Å². The van der Waals surface area contributed by atoms with E-state index >= 15 is 0 Å². The van der Waals surface area contributed by atoms with Crippen molar-refractivity contribution in [2.75, 3.05) is 19.6 Å². The maximum absolute atomic E-state index is 5.06. The molecule has 1 saturated carbocycles. The Labute approximate surface area is 175 Å². The average Bonchev–Trinajstić information content (AvgIpc) is 2.63. The van der Waals surface area contributed by atoms with Crippen LogP contribution >= 0.6 is 12.6 Å². The third kappa shape index (κ3) is 7.65. The Morgan fingerprint density at radius 2 is 1.70 bits per heavy atom. The fraction of sp³-hybridized carbons (Fsp3) is 0.917. The number of allylic oxidation sites excluding steroid dienone is 1. The third-order valence-corrected chi connectivity index (χ3v) is 7.81. The molecule has 27 heavy (non-hydrogen) atoms. The second-order valence-corrected chi connectivity index (χ2v) is 10.4. The van der Waals surface area contributed by atoms with Gasteiger partial charge in [-0.2, -0.15) is 12.6 Å². The quantitative estimate of drug-likeness (QED) is 0.526. The van der Waals surface area contributed by atoms with Crippen LogP contribution in [0, 0.1) is 23.7 Å². The minimum Gasteiger partial charge on any atom is -0.386 e. The van der Waals surface area contributed by atoms with Crippen LogP contribution in [0.5, 0.6) is 0 Å². The lowest BCUT2D eigenvalue weighted by molar-refractivity contribution is 0.169. The first kappa shape index (κ1) is 23.1. The van der Waals surface area contributed by atoms with Gasteiger partial charge < -0.3 is 10.2 Å². The maximum atomic E-state index is 5.06. The molecule has 0 aromatic rings. The molecule has 0 spiro atoms. The summed E-state index contributed by atoms with van der Waals surface area (Å²) in [7, 11) is 0. The summed E-state index contributed by atoms with van der Waals surface area (Å²) < 4.78 is 0. The summed E-state index contributed by atoms with van der Waals surface area (Å²) in [5.41, 5.74) is 1.23. The van der Waals surface area contributed by atoms with E-state index in [-0.39, 0.29) is 0 Å². The van der Waals surface area contributed by atoms with Gasteiger partial charge in [-0.15, -0.1) is 0 Å². The van der Waals surface area contributed by atoms with E-state index in [0.29, 0.717) is 23.1 Å². The highest BCUT2D eigenvalue weighted by Gasteiger charge is 2.29. The molecule has 0 bridgehead atoms. The highest BCUT2D eigenvalue weighted by atomic mass is 32.1. The van der Waals surface area contributed by atoms with E-state index < -0.39 is 0 Å². The smallest absolute Gasteiger partial charge is 0.0227 e. The average molecular weight is 395 g/mol. The Morgan fingerprint density at radius 1 is 1.07 bits per heavy atom. The Balaban J connectivity index is 1.88. The lowest BCUT2D eigenvalue weighted by atomic mass is 9.81. The Bertz CT molecular complexity index is 414. The number of nitrogens with zero attached hydrogens (tertiary/aromatic N) is 1. The normalized spacial score (nSPS) is 35.4. The Kier molecular flexibility index (Phi) is 10.1. The number of hydrogen-bond acceptors (Lipinski definition) is 3. The molecule has 4 atom stereocenters. The summed E-state index contributed by atoms with van der Waals surface area (Å²) in [6.07, 6.45) is 12.0. The van der Waals surface area contributed by atoms with Crippen LogP contribution in [0.25, 0.3) is 0 Å². The number of hydrogen-bond donors (Lipinski definition) is 2. The van der Waals surface area contributed by atoms with Crippen LogP contribution in [0.3, 0.4) is 0 Å². The predicted molar refractivity (Wildman–Crippen MR) is 123 cm³/mol. The molecule has 1 N–H and O–H groups in total. The first-order chi connectivity index (χ1) is 12.9. The molecule has 3 heteroatoms. The predicted octanol–water partition coefficient (Wildman–Crippen LogP) is 6.14. The third-order valence-electron chi connectivity index (χ3n) is 7.23. The molecule has 1 aliphatic heterocycles. The van der Waals surface area contributed by atoms with Gasteiger partial charge in [0.2, 0.25) is 0 Å². The van der Waals surface area contributed by atoms with Gasteiger partial charge in [0.25, 0.3) is 0 Å². The van der Waals surface area contributed by atoms with Gasteiger partial charge in [-0.05, 0) is 82.7 Å². The minimum atomic E-state index is 0.430. The van der Waals surface area contributed by atoms with Gasteiger partial charge in [-0.25, -0.2) is 0 Å². The highest BCUT2D eigenvalue weighted by molar-refractivity contribution is 7.81. The van der Waals surface area contributed by atoms with Gasteiger partial charge in [0.15, 0.2) is 0 Å². The zero-order chi connectivity index (χ0) is 19.8. The van der Waals surface area contributed by atoms with E-state index in [1.165, 1.54) is 76.7 Å². The molecule has 4 unspecified atom stereocenters. The molecule has 0 aromatic carbocycles. The summed E-state index contributed by atoms with van der Waals surface area (Å²) in [5, 5.41) is 4.09. The molecular weight excluding hydrogens is 348 g/mol. The van der Waals surface area contributed by atoms with Crippen molar-refractivity contribution in [3.05, 3.63) is 12.3 Å². The van der Waals surface area contributed by atoms with E-state index in [1.807, 2.05) is 0 Å². The van der Waals surface area contributed by atoms with Crippen molar-refractivity contribution in [2.45, 2.75) is 96.8 Å². The summed E-state index contributed by atoms with van der Waals surface area (Å²) in [6.45, 7) is 17.6. The lowest BCUT2D eigenvalue weighted by Gasteiger charge is -2.36. The molecule has 158 valence electrons. The summed E-state index contributed by atoms with van der Waals surface area (Å²) in [6, 6.07) is 0.509. The van der Waals surface area contributed by atoms with Crippen LogP contribution < -0.4 is 5.32 Å². The van der Waals surface area contributed by atoms with Gasteiger partial charge in [0.05, 0.1) is 0 Å². The van der Waals surface area contributed by atoms with Crippen LogP contribution in [0.1, 0.15) is 85.5 Å². The van der Waals surface area contributed by atoms with Crippen molar-refractivity contribution < 1.29 is 0 Å². The number of thiol groups is 1. The Hall–Kier alpha value is -0.150. The van der Waals surface area contributed by atoms with Crippen LogP contribution in [-0.2, 0) is 0 Å². The van der Waals surface area contributed by atoms with E-state index in [0.717, 1.165) is 18.3 Å². The van der Waals surface area contributed by atoms with E-state index in [2.05, 4.69) is 44.5 Å². The largest absolute Gasteiger partial charge is 0.386 e. The van der Waals surface area contributed by atoms with E-state index in [1.54, 1.807) is 0 Å². The van der Waals surface area contributed by atoms with Crippen molar-refractivity contribution in [3.63, 3.8) is 0 Å². The zero-order valence-electron chi connectivity index (χ0n) is 18.6.